The zero-order chi connectivity index (χ0) is 12.7. The third kappa shape index (κ3) is 1.69. The van der Waals surface area contributed by atoms with Gasteiger partial charge in [0.25, 0.3) is 0 Å². The number of rotatable bonds is 1. The Morgan fingerprint density at radius 3 is 2.56 bits per heavy atom. The van der Waals surface area contributed by atoms with Crippen molar-refractivity contribution in [3.63, 3.8) is 0 Å². The van der Waals surface area contributed by atoms with Gasteiger partial charge >= 0.3 is 0 Å². The summed E-state index contributed by atoms with van der Waals surface area (Å²) in [5, 5.41) is 0. The molecule has 0 aromatic heterocycles. The largest absolute Gasteiger partial charge is 0.0949 e. The SMILES string of the molecule is C=C1Cc2cc(C)ccc2-c2ccc(CC)cc21. The highest BCUT2D eigenvalue weighted by atomic mass is 14.2. The van der Waals surface area contributed by atoms with Crippen molar-refractivity contribution >= 4 is 5.57 Å². The maximum Gasteiger partial charge on any atom is -0.00192 e. The van der Waals surface area contributed by atoms with Crippen molar-refractivity contribution in [2.24, 2.45) is 0 Å². The van der Waals surface area contributed by atoms with E-state index in [1.54, 1.807) is 0 Å². The van der Waals surface area contributed by atoms with Gasteiger partial charge in [0.15, 0.2) is 0 Å². The lowest BCUT2D eigenvalue weighted by molar-refractivity contribution is 1.13. The molecular weight excluding hydrogens is 216 g/mol. The first-order chi connectivity index (χ1) is 8.69. The molecule has 2 aromatic carbocycles. The molecule has 0 atom stereocenters. The van der Waals surface area contributed by atoms with E-state index < -0.39 is 0 Å². The Morgan fingerprint density at radius 2 is 1.78 bits per heavy atom. The fourth-order valence-electron chi connectivity index (χ4n) is 2.80. The van der Waals surface area contributed by atoms with Crippen LogP contribution in [-0.2, 0) is 12.8 Å². The fraction of sp³-hybridized carbons (Fsp3) is 0.222. The highest BCUT2D eigenvalue weighted by molar-refractivity contribution is 5.88. The van der Waals surface area contributed by atoms with E-state index in [1.807, 2.05) is 0 Å². The van der Waals surface area contributed by atoms with Crippen molar-refractivity contribution < 1.29 is 0 Å². The maximum atomic E-state index is 4.26. The standard InChI is InChI=1S/C18H18/c1-4-14-6-8-17-16-7-5-12(2)9-15(16)10-13(3)18(17)11-14/h5-9,11H,3-4,10H2,1-2H3. The van der Waals surface area contributed by atoms with Gasteiger partial charge in [-0.2, -0.15) is 0 Å². The van der Waals surface area contributed by atoms with Crippen LogP contribution in [0.5, 0.6) is 0 Å². The monoisotopic (exact) mass is 234 g/mol. The van der Waals surface area contributed by atoms with Gasteiger partial charge in [-0.05, 0) is 53.2 Å². The highest BCUT2D eigenvalue weighted by Gasteiger charge is 2.18. The summed E-state index contributed by atoms with van der Waals surface area (Å²) in [6.07, 6.45) is 2.07. The first kappa shape index (κ1) is 11.3. The second-order valence-corrected chi connectivity index (χ2v) is 5.17. The minimum atomic E-state index is 0.983. The maximum absolute atomic E-state index is 4.26. The van der Waals surface area contributed by atoms with E-state index in [1.165, 1.54) is 39.0 Å². The van der Waals surface area contributed by atoms with E-state index in [0.717, 1.165) is 12.8 Å². The zero-order valence-corrected chi connectivity index (χ0v) is 11.1. The summed E-state index contributed by atoms with van der Waals surface area (Å²) in [5.41, 5.74) is 9.45. The van der Waals surface area contributed by atoms with Crippen LogP contribution in [0, 0.1) is 6.92 Å². The first-order valence-corrected chi connectivity index (χ1v) is 6.60. The van der Waals surface area contributed by atoms with Crippen molar-refractivity contribution in [1.82, 2.24) is 0 Å². The van der Waals surface area contributed by atoms with Crippen LogP contribution in [0.25, 0.3) is 16.7 Å². The average molecular weight is 234 g/mol. The Hall–Kier alpha value is -1.82. The lowest BCUT2D eigenvalue weighted by atomic mass is 9.81. The van der Waals surface area contributed by atoms with E-state index in [9.17, 15) is 0 Å². The molecule has 0 fully saturated rings. The summed E-state index contributed by atoms with van der Waals surface area (Å²) in [4.78, 5) is 0. The quantitative estimate of drug-likeness (QED) is 0.665. The summed E-state index contributed by atoms with van der Waals surface area (Å²) in [6, 6.07) is 13.5. The molecule has 2 aromatic rings. The Morgan fingerprint density at radius 1 is 1.00 bits per heavy atom. The summed E-state index contributed by atoms with van der Waals surface area (Å²) in [7, 11) is 0. The van der Waals surface area contributed by atoms with Crippen LogP contribution in [0.3, 0.4) is 0 Å². The van der Waals surface area contributed by atoms with Gasteiger partial charge in [-0.25, -0.2) is 0 Å². The molecule has 0 N–H and O–H groups in total. The molecule has 0 spiro atoms. The van der Waals surface area contributed by atoms with Crippen LogP contribution < -0.4 is 0 Å². The zero-order valence-electron chi connectivity index (χ0n) is 11.1. The van der Waals surface area contributed by atoms with Gasteiger partial charge in [0.2, 0.25) is 0 Å². The molecule has 0 bridgehead atoms. The smallest absolute Gasteiger partial charge is 0.00192 e. The third-order valence-electron chi connectivity index (χ3n) is 3.83. The van der Waals surface area contributed by atoms with E-state index >= 15 is 0 Å². The topological polar surface area (TPSA) is 0 Å². The summed E-state index contributed by atoms with van der Waals surface area (Å²) < 4.78 is 0. The molecule has 3 rings (SSSR count). The molecular formula is C18H18. The number of allylic oxidation sites excluding steroid dienone is 1. The molecule has 0 unspecified atom stereocenters. The van der Waals surface area contributed by atoms with E-state index in [4.69, 9.17) is 0 Å². The van der Waals surface area contributed by atoms with Crippen LogP contribution in [0.2, 0.25) is 0 Å². The molecule has 0 aliphatic heterocycles. The summed E-state index contributed by atoms with van der Waals surface area (Å²) >= 11 is 0. The van der Waals surface area contributed by atoms with Crippen molar-refractivity contribution in [2.75, 3.05) is 0 Å². The Bertz CT molecular complexity index is 632. The number of fused-ring (bicyclic) bond motifs is 3. The number of benzene rings is 2. The van der Waals surface area contributed by atoms with Gasteiger partial charge in [-0.3, -0.25) is 0 Å². The molecule has 0 heterocycles. The third-order valence-corrected chi connectivity index (χ3v) is 3.83. The second-order valence-electron chi connectivity index (χ2n) is 5.17. The molecule has 0 saturated carbocycles. The number of aryl methyl sites for hydroxylation is 2. The molecule has 0 amide bonds. The van der Waals surface area contributed by atoms with Gasteiger partial charge in [0.05, 0.1) is 0 Å². The molecule has 90 valence electrons. The minimum absolute atomic E-state index is 0.983. The fourth-order valence-corrected chi connectivity index (χ4v) is 2.80. The van der Waals surface area contributed by atoms with Crippen molar-refractivity contribution in [3.8, 4) is 11.1 Å². The number of hydrogen-bond donors (Lipinski definition) is 0. The van der Waals surface area contributed by atoms with Crippen LogP contribution in [0.1, 0.15) is 29.2 Å². The minimum Gasteiger partial charge on any atom is -0.0949 e. The molecule has 1 aliphatic rings. The molecule has 0 saturated heterocycles. The summed E-state index contributed by atoms with van der Waals surface area (Å²) in [6.45, 7) is 8.61. The Kier molecular flexibility index (Phi) is 2.59. The van der Waals surface area contributed by atoms with Crippen LogP contribution in [0.4, 0.5) is 0 Å². The van der Waals surface area contributed by atoms with Crippen LogP contribution >= 0.6 is 0 Å². The predicted molar refractivity (Wildman–Crippen MR) is 78.7 cm³/mol. The van der Waals surface area contributed by atoms with E-state index in [2.05, 4.69) is 56.8 Å². The summed E-state index contributed by atoms with van der Waals surface area (Å²) in [5.74, 6) is 0. The van der Waals surface area contributed by atoms with Crippen molar-refractivity contribution in [3.05, 3.63) is 65.2 Å². The Labute approximate surface area is 109 Å². The van der Waals surface area contributed by atoms with E-state index in [-0.39, 0.29) is 0 Å². The average Bonchev–Trinajstić information content (AvgIpc) is 2.38. The number of hydrogen-bond acceptors (Lipinski definition) is 0. The van der Waals surface area contributed by atoms with Gasteiger partial charge in [0, 0.05) is 0 Å². The molecule has 0 nitrogen and oxygen atoms in total. The molecule has 0 radical (unpaired) electrons. The van der Waals surface area contributed by atoms with Crippen molar-refractivity contribution in [1.29, 1.82) is 0 Å². The Balaban J connectivity index is 2.24. The molecule has 1 aliphatic carbocycles. The van der Waals surface area contributed by atoms with E-state index in [0.29, 0.717) is 0 Å². The molecule has 0 heteroatoms. The van der Waals surface area contributed by atoms with Gasteiger partial charge < -0.3 is 0 Å². The lowest BCUT2D eigenvalue weighted by Gasteiger charge is -2.23. The lowest BCUT2D eigenvalue weighted by Crippen LogP contribution is -2.03. The van der Waals surface area contributed by atoms with Crippen LogP contribution in [-0.4, -0.2) is 0 Å². The van der Waals surface area contributed by atoms with Gasteiger partial charge in [-0.15, -0.1) is 0 Å². The second kappa shape index (κ2) is 4.13. The van der Waals surface area contributed by atoms with Gasteiger partial charge in [0.1, 0.15) is 0 Å². The molecule has 18 heavy (non-hydrogen) atoms. The first-order valence-electron chi connectivity index (χ1n) is 6.60. The van der Waals surface area contributed by atoms with Gasteiger partial charge in [-0.1, -0.05) is 55.5 Å². The van der Waals surface area contributed by atoms with Crippen LogP contribution in [0.15, 0.2) is 43.0 Å². The van der Waals surface area contributed by atoms with Crippen molar-refractivity contribution in [2.45, 2.75) is 26.7 Å². The highest BCUT2D eigenvalue weighted by Crippen LogP contribution is 2.39. The normalized spacial score (nSPS) is 13.1. The predicted octanol–water partition coefficient (Wildman–Crippen LogP) is 4.79.